The van der Waals surface area contributed by atoms with Crippen LogP contribution in [-0.2, 0) is 5.88 Å². The van der Waals surface area contributed by atoms with Crippen molar-refractivity contribution in [3.63, 3.8) is 0 Å². The van der Waals surface area contributed by atoms with Gasteiger partial charge in [-0.3, -0.25) is 10.1 Å². The van der Waals surface area contributed by atoms with E-state index in [1.807, 2.05) is 0 Å². The van der Waals surface area contributed by atoms with Gasteiger partial charge in [-0.15, -0.1) is 11.6 Å². The van der Waals surface area contributed by atoms with Crippen LogP contribution in [0.5, 0.6) is 11.5 Å². The summed E-state index contributed by atoms with van der Waals surface area (Å²) < 4.78 is 11.3. The van der Waals surface area contributed by atoms with Gasteiger partial charge in [-0.25, -0.2) is 0 Å². The second kappa shape index (κ2) is 7.50. The first-order valence-electron chi connectivity index (χ1n) is 7.23. The number of rotatable bonds is 5. The average Bonchev–Trinajstić information content (AvgIpc) is 2.75. The molecule has 2 rings (SSSR count). The average molecular weight is 314 g/mol. The van der Waals surface area contributed by atoms with E-state index in [1.165, 1.54) is 26.0 Å². The molecule has 0 radical (unpaired) electrons. The van der Waals surface area contributed by atoms with E-state index in [-0.39, 0.29) is 17.7 Å². The van der Waals surface area contributed by atoms with Crippen molar-refractivity contribution in [2.45, 2.75) is 50.5 Å². The molecule has 0 unspecified atom stereocenters. The quantitative estimate of drug-likeness (QED) is 0.349. The predicted molar refractivity (Wildman–Crippen MR) is 81.3 cm³/mol. The van der Waals surface area contributed by atoms with E-state index in [4.69, 9.17) is 21.1 Å². The van der Waals surface area contributed by atoms with Gasteiger partial charge in [0.25, 0.3) is 5.69 Å². The lowest BCUT2D eigenvalue weighted by Crippen LogP contribution is -2.16. The Bertz CT molecular complexity index is 499. The van der Waals surface area contributed by atoms with Gasteiger partial charge in [0.1, 0.15) is 0 Å². The van der Waals surface area contributed by atoms with Crippen LogP contribution in [0.25, 0.3) is 0 Å². The molecule has 0 aromatic heterocycles. The lowest BCUT2D eigenvalue weighted by Gasteiger charge is -2.19. The minimum absolute atomic E-state index is 0.0191. The minimum Gasteiger partial charge on any atom is -0.493 e. The highest BCUT2D eigenvalue weighted by molar-refractivity contribution is 6.17. The maximum Gasteiger partial charge on any atom is 0.277 e. The Morgan fingerprint density at radius 2 is 1.90 bits per heavy atom. The molecule has 5 nitrogen and oxygen atoms in total. The van der Waals surface area contributed by atoms with Gasteiger partial charge in [-0.05, 0) is 31.7 Å². The molecule has 0 aliphatic heterocycles. The Hall–Kier alpha value is -1.49. The molecule has 1 saturated carbocycles. The molecule has 0 saturated heterocycles. The van der Waals surface area contributed by atoms with Crippen molar-refractivity contribution in [1.29, 1.82) is 0 Å². The van der Waals surface area contributed by atoms with Gasteiger partial charge in [0.2, 0.25) is 0 Å². The summed E-state index contributed by atoms with van der Waals surface area (Å²) in [6.07, 6.45) is 6.78. The summed E-state index contributed by atoms with van der Waals surface area (Å²) in [5.74, 6) is 1.00. The van der Waals surface area contributed by atoms with Gasteiger partial charge in [0.05, 0.1) is 30.1 Å². The second-order valence-electron chi connectivity index (χ2n) is 5.25. The number of alkyl halides is 1. The highest BCUT2D eigenvalue weighted by atomic mass is 35.5. The van der Waals surface area contributed by atoms with Crippen molar-refractivity contribution in [3.05, 3.63) is 27.8 Å². The maximum absolute atomic E-state index is 11.1. The molecule has 0 spiro atoms. The molecule has 0 heterocycles. The first kappa shape index (κ1) is 15.9. The monoisotopic (exact) mass is 313 g/mol. The zero-order valence-electron chi connectivity index (χ0n) is 12.1. The number of ether oxygens (including phenoxy) is 2. The summed E-state index contributed by atoms with van der Waals surface area (Å²) in [7, 11) is 1.53. The van der Waals surface area contributed by atoms with E-state index >= 15 is 0 Å². The van der Waals surface area contributed by atoms with Crippen LogP contribution in [0.15, 0.2) is 12.1 Å². The van der Waals surface area contributed by atoms with Crippen molar-refractivity contribution < 1.29 is 14.4 Å². The molecule has 0 bridgehead atoms. The third-order valence-electron chi connectivity index (χ3n) is 3.80. The van der Waals surface area contributed by atoms with Gasteiger partial charge in [0, 0.05) is 5.56 Å². The van der Waals surface area contributed by atoms with E-state index in [0.29, 0.717) is 17.1 Å². The van der Waals surface area contributed by atoms with Crippen LogP contribution in [0.4, 0.5) is 5.69 Å². The number of nitro groups is 1. The van der Waals surface area contributed by atoms with Gasteiger partial charge in [-0.2, -0.15) is 0 Å². The molecular formula is C15H20ClNO4. The van der Waals surface area contributed by atoms with Crippen molar-refractivity contribution >= 4 is 17.3 Å². The summed E-state index contributed by atoms with van der Waals surface area (Å²) in [6, 6.07) is 3.03. The van der Waals surface area contributed by atoms with Crippen molar-refractivity contribution in [3.8, 4) is 11.5 Å². The van der Waals surface area contributed by atoms with Crippen molar-refractivity contribution in [2.75, 3.05) is 7.11 Å². The summed E-state index contributed by atoms with van der Waals surface area (Å²) >= 11 is 5.77. The number of nitro benzene ring substituents is 1. The summed E-state index contributed by atoms with van der Waals surface area (Å²) in [5, 5.41) is 11.1. The van der Waals surface area contributed by atoms with Crippen LogP contribution in [0.1, 0.15) is 44.1 Å². The summed E-state index contributed by atoms with van der Waals surface area (Å²) in [4.78, 5) is 10.7. The van der Waals surface area contributed by atoms with Crippen LogP contribution in [0, 0.1) is 10.1 Å². The third kappa shape index (κ3) is 4.00. The SMILES string of the molecule is COc1cc(CCl)c([N+](=O)[O-])cc1OC1CCCCCC1. The number of methoxy groups -OCH3 is 1. The first-order chi connectivity index (χ1) is 10.2. The van der Waals surface area contributed by atoms with Crippen LogP contribution >= 0.6 is 11.6 Å². The molecule has 21 heavy (non-hydrogen) atoms. The number of hydrogen-bond acceptors (Lipinski definition) is 4. The topological polar surface area (TPSA) is 61.6 Å². The third-order valence-corrected chi connectivity index (χ3v) is 4.09. The Kier molecular flexibility index (Phi) is 5.67. The molecule has 1 aromatic rings. The fraction of sp³-hybridized carbons (Fsp3) is 0.600. The van der Waals surface area contributed by atoms with Gasteiger partial charge in [0.15, 0.2) is 11.5 Å². The molecule has 6 heteroatoms. The molecule has 0 amide bonds. The minimum atomic E-state index is -0.433. The van der Waals surface area contributed by atoms with E-state index in [1.54, 1.807) is 6.07 Å². The largest absolute Gasteiger partial charge is 0.493 e. The summed E-state index contributed by atoms with van der Waals surface area (Å²) in [6.45, 7) is 0. The molecule has 0 atom stereocenters. The highest BCUT2D eigenvalue weighted by Gasteiger charge is 2.22. The molecule has 1 aliphatic carbocycles. The van der Waals surface area contributed by atoms with Gasteiger partial charge >= 0.3 is 0 Å². The molecule has 0 N–H and O–H groups in total. The van der Waals surface area contributed by atoms with Crippen LogP contribution in [0.3, 0.4) is 0 Å². The van der Waals surface area contributed by atoms with Crippen molar-refractivity contribution in [1.82, 2.24) is 0 Å². The Morgan fingerprint density at radius 3 is 2.43 bits per heavy atom. The second-order valence-corrected chi connectivity index (χ2v) is 5.52. The van der Waals surface area contributed by atoms with Crippen LogP contribution in [-0.4, -0.2) is 18.1 Å². The molecule has 1 fully saturated rings. The molecule has 116 valence electrons. The summed E-state index contributed by atoms with van der Waals surface area (Å²) in [5.41, 5.74) is 0.418. The van der Waals surface area contributed by atoms with E-state index < -0.39 is 4.92 Å². The zero-order chi connectivity index (χ0) is 15.2. The Labute approximate surface area is 129 Å². The number of hydrogen-bond donors (Lipinski definition) is 0. The lowest BCUT2D eigenvalue weighted by atomic mass is 10.1. The standard InChI is InChI=1S/C15H20ClNO4/c1-20-14-8-11(10-16)13(17(18)19)9-15(14)21-12-6-4-2-3-5-7-12/h8-9,12H,2-7,10H2,1H3. The van der Waals surface area contributed by atoms with Gasteiger partial charge < -0.3 is 9.47 Å². The van der Waals surface area contributed by atoms with E-state index in [2.05, 4.69) is 0 Å². The fourth-order valence-electron chi connectivity index (χ4n) is 2.66. The Morgan fingerprint density at radius 1 is 1.24 bits per heavy atom. The van der Waals surface area contributed by atoms with Gasteiger partial charge in [-0.1, -0.05) is 12.8 Å². The first-order valence-corrected chi connectivity index (χ1v) is 7.77. The zero-order valence-corrected chi connectivity index (χ0v) is 12.9. The van der Waals surface area contributed by atoms with Crippen LogP contribution in [0.2, 0.25) is 0 Å². The van der Waals surface area contributed by atoms with Crippen LogP contribution < -0.4 is 9.47 Å². The predicted octanol–water partition coefficient (Wildman–Crippen LogP) is 4.44. The smallest absolute Gasteiger partial charge is 0.277 e. The maximum atomic E-state index is 11.1. The van der Waals surface area contributed by atoms with E-state index in [9.17, 15) is 10.1 Å². The highest BCUT2D eigenvalue weighted by Crippen LogP contribution is 2.37. The fourth-order valence-corrected chi connectivity index (χ4v) is 2.87. The normalized spacial score (nSPS) is 16.3. The van der Waals surface area contributed by atoms with E-state index in [0.717, 1.165) is 25.7 Å². The Balaban J connectivity index is 2.27. The lowest BCUT2D eigenvalue weighted by molar-refractivity contribution is -0.385. The van der Waals surface area contributed by atoms with Crippen molar-refractivity contribution in [2.24, 2.45) is 0 Å². The number of nitrogens with zero attached hydrogens (tertiary/aromatic N) is 1. The molecule has 1 aliphatic rings. The molecular weight excluding hydrogens is 294 g/mol. The number of benzene rings is 1. The number of halogens is 1. The molecule has 1 aromatic carbocycles.